The first kappa shape index (κ1) is 30.3. The van der Waals surface area contributed by atoms with Crippen LogP contribution >= 0.6 is 0 Å². The van der Waals surface area contributed by atoms with Gasteiger partial charge in [-0.05, 0) is 31.5 Å². The second kappa shape index (κ2) is 24.5. The molecule has 0 aliphatic rings. The number of allylic oxidation sites excluding steroid dienone is 1. The average Bonchev–Trinajstić information content (AvgIpc) is 2.69. The molecule has 2 N–H and O–H groups in total. The molecule has 6 nitrogen and oxygen atoms in total. The smallest absolute Gasteiger partial charge is 0.306 e. The lowest BCUT2D eigenvalue weighted by Gasteiger charge is -2.04. The van der Waals surface area contributed by atoms with E-state index < -0.39 is 0 Å². The number of ketones is 1. The van der Waals surface area contributed by atoms with Crippen molar-refractivity contribution in [3.05, 3.63) is 48.2 Å². The van der Waals surface area contributed by atoms with Gasteiger partial charge in [-0.2, -0.15) is 0 Å². The molecule has 0 saturated heterocycles. The van der Waals surface area contributed by atoms with E-state index in [2.05, 4.69) is 11.3 Å². The summed E-state index contributed by atoms with van der Waals surface area (Å²) in [5.74, 6) is -0.460. The molecular formula is C22H37NO5. The molecule has 0 heterocycles. The fourth-order valence-electron chi connectivity index (χ4n) is 1.44. The van der Waals surface area contributed by atoms with Crippen LogP contribution in [-0.2, 0) is 30.5 Å². The SMILES string of the molecule is C=C(C)N.CC.CCOC.O=CCC(=O)CCCC(=O)OCc1ccccc1. The van der Waals surface area contributed by atoms with Crippen molar-refractivity contribution in [1.29, 1.82) is 0 Å². The summed E-state index contributed by atoms with van der Waals surface area (Å²) < 4.78 is 9.59. The number of ether oxygens (including phenoxy) is 2. The number of carbonyl (C=O) groups is 3. The van der Waals surface area contributed by atoms with Crippen molar-refractivity contribution < 1.29 is 23.9 Å². The van der Waals surface area contributed by atoms with Crippen molar-refractivity contribution in [2.45, 2.75) is 60.0 Å². The lowest BCUT2D eigenvalue weighted by Crippen LogP contribution is -2.06. The summed E-state index contributed by atoms with van der Waals surface area (Å²) in [5.41, 5.74) is 6.52. The quantitative estimate of drug-likeness (QED) is 0.382. The highest BCUT2D eigenvalue weighted by Crippen LogP contribution is 2.04. The van der Waals surface area contributed by atoms with Crippen LogP contribution in [0.5, 0.6) is 0 Å². The minimum atomic E-state index is -0.322. The van der Waals surface area contributed by atoms with Crippen molar-refractivity contribution in [1.82, 2.24) is 0 Å². The Hall–Kier alpha value is -2.47. The third-order valence-corrected chi connectivity index (χ3v) is 2.68. The zero-order valence-electron chi connectivity index (χ0n) is 18.0. The second-order valence-corrected chi connectivity index (χ2v) is 5.33. The zero-order chi connectivity index (χ0) is 22.2. The van der Waals surface area contributed by atoms with Crippen LogP contribution in [0, 0.1) is 0 Å². The van der Waals surface area contributed by atoms with E-state index in [9.17, 15) is 14.4 Å². The van der Waals surface area contributed by atoms with Gasteiger partial charge in [0, 0.05) is 26.6 Å². The Bertz CT molecular complexity index is 509. The first-order valence-corrected chi connectivity index (χ1v) is 9.42. The summed E-state index contributed by atoms with van der Waals surface area (Å²) in [4.78, 5) is 32.4. The number of aldehydes is 1. The number of hydrogen-bond acceptors (Lipinski definition) is 6. The van der Waals surface area contributed by atoms with E-state index in [-0.39, 0.29) is 37.6 Å². The number of methoxy groups -OCH3 is 1. The molecule has 1 aromatic carbocycles. The van der Waals surface area contributed by atoms with Gasteiger partial charge in [0.2, 0.25) is 0 Å². The maximum absolute atomic E-state index is 11.4. The average molecular weight is 396 g/mol. The van der Waals surface area contributed by atoms with Gasteiger partial charge >= 0.3 is 5.97 Å². The fourth-order valence-corrected chi connectivity index (χ4v) is 1.44. The Morgan fingerprint density at radius 3 is 2.07 bits per heavy atom. The van der Waals surface area contributed by atoms with Crippen LogP contribution in [0.4, 0.5) is 0 Å². The highest BCUT2D eigenvalue weighted by atomic mass is 16.5. The van der Waals surface area contributed by atoms with E-state index in [1.165, 1.54) is 0 Å². The van der Waals surface area contributed by atoms with Gasteiger partial charge in [0.1, 0.15) is 18.7 Å². The Balaban J connectivity index is -0.000000522. The molecule has 0 aliphatic carbocycles. The molecule has 160 valence electrons. The molecule has 1 rings (SSSR count). The fraction of sp³-hybridized carbons (Fsp3) is 0.500. The van der Waals surface area contributed by atoms with E-state index in [0.717, 1.165) is 12.2 Å². The van der Waals surface area contributed by atoms with Crippen molar-refractivity contribution in [2.75, 3.05) is 13.7 Å². The Labute approximate surface area is 170 Å². The van der Waals surface area contributed by atoms with Gasteiger partial charge in [-0.15, -0.1) is 0 Å². The molecule has 0 aromatic heterocycles. The molecule has 0 aliphatic heterocycles. The van der Waals surface area contributed by atoms with Crippen molar-refractivity contribution in [3.8, 4) is 0 Å². The maximum atomic E-state index is 11.4. The molecule has 1 aromatic rings. The van der Waals surface area contributed by atoms with Gasteiger partial charge in [-0.25, -0.2) is 0 Å². The van der Waals surface area contributed by atoms with E-state index in [1.807, 2.05) is 51.1 Å². The number of carbonyl (C=O) groups excluding carboxylic acids is 3. The maximum Gasteiger partial charge on any atom is 0.306 e. The third kappa shape index (κ3) is 28.3. The number of rotatable bonds is 9. The van der Waals surface area contributed by atoms with Gasteiger partial charge in [0.25, 0.3) is 0 Å². The standard InChI is InChI=1S/C14H16O4.C3H7N.C3H8O.C2H6/c15-10-9-13(16)7-4-8-14(17)18-11-12-5-2-1-3-6-12;1-3(2)4;1-3-4-2;1-2/h1-3,5-6,10H,4,7-9,11H2;1,4H2,2H3;3H2,1-2H3;1-2H3. The van der Waals surface area contributed by atoms with Crippen molar-refractivity contribution in [3.63, 3.8) is 0 Å². The Kier molecular flexibility index (Phi) is 26.5. The number of benzene rings is 1. The molecule has 0 atom stereocenters. The molecule has 0 saturated carbocycles. The Morgan fingerprint density at radius 2 is 1.64 bits per heavy atom. The Morgan fingerprint density at radius 1 is 1.14 bits per heavy atom. The molecular weight excluding hydrogens is 358 g/mol. The zero-order valence-corrected chi connectivity index (χ0v) is 18.0. The summed E-state index contributed by atoms with van der Waals surface area (Å²) in [5, 5.41) is 0. The highest BCUT2D eigenvalue weighted by Gasteiger charge is 2.06. The van der Waals surface area contributed by atoms with Crippen LogP contribution in [0.15, 0.2) is 42.6 Å². The monoisotopic (exact) mass is 395 g/mol. The van der Waals surface area contributed by atoms with Gasteiger partial charge < -0.3 is 20.0 Å². The van der Waals surface area contributed by atoms with Crippen LogP contribution in [0.1, 0.15) is 58.9 Å². The summed E-state index contributed by atoms with van der Waals surface area (Å²) in [6, 6.07) is 9.40. The van der Waals surface area contributed by atoms with E-state index >= 15 is 0 Å². The van der Waals surface area contributed by atoms with E-state index in [0.29, 0.717) is 18.4 Å². The summed E-state index contributed by atoms with van der Waals surface area (Å²) in [6.07, 6.45) is 1.39. The van der Waals surface area contributed by atoms with Crippen LogP contribution in [0.25, 0.3) is 0 Å². The molecule has 28 heavy (non-hydrogen) atoms. The van der Waals surface area contributed by atoms with Crippen molar-refractivity contribution in [2.24, 2.45) is 5.73 Å². The van der Waals surface area contributed by atoms with Crippen LogP contribution in [-0.4, -0.2) is 31.8 Å². The predicted octanol–water partition coefficient (Wildman–Crippen LogP) is 4.22. The van der Waals surface area contributed by atoms with E-state index in [4.69, 9.17) is 10.5 Å². The molecule has 0 bridgehead atoms. The summed E-state index contributed by atoms with van der Waals surface area (Å²) in [7, 11) is 1.68. The third-order valence-electron chi connectivity index (χ3n) is 2.68. The van der Waals surface area contributed by atoms with Gasteiger partial charge in [0.05, 0.1) is 6.42 Å². The van der Waals surface area contributed by atoms with Crippen LogP contribution in [0.3, 0.4) is 0 Å². The number of Topliss-reactive ketones (excluding diaryl/α,β-unsaturated/α-hetero) is 1. The molecule has 6 heteroatoms. The topological polar surface area (TPSA) is 95.7 Å². The van der Waals surface area contributed by atoms with E-state index in [1.54, 1.807) is 14.0 Å². The number of esters is 1. The molecule has 0 amide bonds. The van der Waals surface area contributed by atoms with Gasteiger partial charge in [0.15, 0.2) is 0 Å². The van der Waals surface area contributed by atoms with Gasteiger partial charge in [-0.1, -0.05) is 50.8 Å². The molecule has 0 unspecified atom stereocenters. The molecule has 0 spiro atoms. The molecule has 0 radical (unpaired) electrons. The molecule has 0 fully saturated rings. The number of nitrogens with two attached hydrogens (primary N) is 1. The van der Waals surface area contributed by atoms with Crippen LogP contribution in [0.2, 0.25) is 0 Å². The summed E-state index contributed by atoms with van der Waals surface area (Å²) >= 11 is 0. The first-order valence-electron chi connectivity index (χ1n) is 9.42. The first-order chi connectivity index (χ1) is 13.4. The lowest BCUT2D eigenvalue weighted by molar-refractivity contribution is -0.145. The minimum absolute atomic E-state index is 0.0704. The largest absolute Gasteiger partial charge is 0.461 e. The second-order valence-electron chi connectivity index (χ2n) is 5.33. The predicted molar refractivity (Wildman–Crippen MR) is 114 cm³/mol. The number of hydrogen-bond donors (Lipinski definition) is 1. The highest BCUT2D eigenvalue weighted by molar-refractivity contribution is 5.89. The lowest BCUT2D eigenvalue weighted by atomic mass is 10.1. The summed E-state index contributed by atoms with van der Waals surface area (Å²) in [6.45, 7) is 12.1. The normalized spacial score (nSPS) is 8.46. The minimum Gasteiger partial charge on any atom is -0.461 e. The van der Waals surface area contributed by atoms with Gasteiger partial charge in [-0.3, -0.25) is 9.59 Å². The van der Waals surface area contributed by atoms with Crippen LogP contribution < -0.4 is 5.73 Å². The van der Waals surface area contributed by atoms with Crippen molar-refractivity contribution >= 4 is 18.0 Å².